The van der Waals surface area contributed by atoms with Crippen molar-refractivity contribution in [3.05, 3.63) is 56.5 Å². The normalized spacial score (nSPS) is 10.3. The minimum Gasteiger partial charge on any atom is -0.397 e. The van der Waals surface area contributed by atoms with E-state index in [1.807, 2.05) is 6.07 Å². The SMILES string of the molecule is Nc1cc(Br)ccc1NC(=O)Cc1ccc(Cl)c(Cl)c1. The first-order chi connectivity index (χ1) is 9.45. The molecule has 2 aromatic rings. The van der Waals surface area contributed by atoms with Crippen LogP contribution in [0.1, 0.15) is 5.56 Å². The number of hydrogen-bond donors (Lipinski definition) is 2. The summed E-state index contributed by atoms with van der Waals surface area (Å²) in [6, 6.07) is 10.4. The fraction of sp³-hybridized carbons (Fsp3) is 0.0714. The fourth-order valence-corrected chi connectivity index (χ4v) is 2.38. The van der Waals surface area contributed by atoms with Gasteiger partial charge in [0.05, 0.1) is 27.8 Å². The standard InChI is InChI=1S/C14H11BrCl2N2O/c15-9-2-4-13(12(18)7-9)19-14(20)6-8-1-3-10(16)11(17)5-8/h1-5,7H,6,18H2,(H,19,20). The van der Waals surface area contributed by atoms with Crippen molar-refractivity contribution in [2.75, 3.05) is 11.1 Å². The van der Waals surface area contributed by atoms with Gasteiger partial charge < -0.3 is 11.1 Å². The Hall–Kier alpha value is -1.23. The first kappa shape index (κ1) is 15.2. The Balaban J connectivity index is 2.07. The number of carbonyl (C=O) groups is 1. The average Bonchev–Trinajstić information content (AvgIpc) is 2.37. The van der Waals surface area contributed by atoms with Gasteiger partial charge in [-0.05, 0) is 35.9 Å². The molecular weight excluding hydrogens is 363 g/mol. The topological polar surface area (TPSA) is 55.1 Å². The van der Waals surface area contributed by atoms with Crippen LogP contribution in [-0.4, -0.2) is 5.91 Å². The molecule has 0 aliphatic rings. The van der Waals surface area contributed by atoms with E-state index in [1.165, 1.54) is 0 Å². The van der Waals surface area contributed by atoms with Crippen molar-refractivity contribution in [3.63, 3.8) is 0 Å². The van der Waals surface area contributed by atoms with Gasteiger partial charge in [-0.15, -0.1) is 0 Å². The van der Waals surface area contributed by atoms with Crippen LogP contribution in [0.25, 0.3) is 0 Å². The largest absolute Gasteiger partial charge is 0.397 e. The minimum absolute atomic E-state index is 0.169. The molecule has 3 nitrogen and oxygen atoms in total. The lowest BCUT2D eigenvalue weighted by Gasteiger charge is -2.09. The number of rotatable bonds is 3. The van der Waals surface area contributed by atoms with Gasteiger partial charge in [0.1, 0.15) is 0 Å². The van der Waals surface area contributed by atoms with Gasteiger partial charge in [0.2, 0.25) is 5.91 Å². The summed E-state index contributed by atoms with van der Waals surface area (Å²) in [7, 11) is 0. The Kier molecular flexibility index (Phi) is 4.91. The summed E-state index contributed by atoms with van der Waals surface area (Å²) in [5.74, 6) is -0.169. The van der Waals surface area contributed by atoms with Crippen LogP contribution in [0.5, 0.6) is 0 Å². The molecule has 0 aromatic heterocycles. The molecule has 0 saturated carbocycles. The third-order valence-electron chi connectivity index (χ3n) is 2.64. The lowest BCUT2D eigenvalue weighted by molar-refractivity contribution is -0.115. The van der Waals surface area contributed by atoms with Gasteiger partial charge in [-0.3, -0.25) is 4.79 Å². The molecule has 0 fully saturated rings. The van der Waals surface area contributed by atoms with E-state index in [-0.39, 0.29) is 12.3 Å². The molecule has 0 atom stereocenters. The van der Waals surface area contributed by atoms with Gasteiger partial charge in [-0.25, -0.2) is 0 Å². The summed E-state index contributed by atoms with van der Waals surface area (Å²) in [5.41, 5.74) is 7.69. The lowest BCUT2D eigenvalue weighted by atomic mass is 10.1. The third-order valence-corrected chi connectivity index (χ3v) is 3.87. The highest BCUT2D eigenvalue weighted by Crippen LogP contribution is 2.24. The highest BCUT2D eigenvalue weighted by Gasteiger charge is 2.08. The number of nitrogens with one attached hydrogen (secondary N) is 1. The highest BCUT2D eigenvalue weighted by atomic mass is 79.9. The number of anilines is 2. The van der Waals surface area contributed by atoms with Gasteiger partial charge in [-0.1, -0.05) is 45.2 Å². The quantitative estimate of drug-likeness (QED) is 0.777. The number of nitrogen functional groups attached to an aromatic ring is 1. The van der Waals surface area contributed by atoms with E-state index in [2.05, 4.69) is 21.2 Å². The lowest BCUT2D eigenvalue weighted by Crippen LogP contribution is -2.15. The van der Waals surface area contributed by atoms with Crippen molar-refractivity contribution in [2.45, 2.75) is 6.42 Å². The van der Waals surface area contributed by atoms with Crippen LogP contribution in [0.2, 0.25) is 10.0 Å². The number of amides is 1. The summed E-state index contributed by atoms with van der Waals surface area (Å²) < 4.78 is 0.859. The Morgan fingerprint density at radius 3 is 2.55 bits per heavy atom. The minimum atomic E-state index is -0.169. The maximum atomic E-state index is 12.0. The number of hydrogen-bond acceptors (Lipinski definition) is 2. The molecule has 3 N–H and O–H groups in total. The van der Waals surface area contributed by atoms with Crippen molar-refractivity contribution >= 4 is 56.4 Å². The molecule has 0 bridgehead atoms. The van der Waals surface area contributed by atoms with Crippen LogP contribution in [0, 0.1) is 0 Å². The second-order valence-electron chi connectivity index (χ2n) is 4.20. The molecule has 2 aromatic carbocycles. The van der Waals surface area contributed by atoms with E-state index in [9.17, 15) is 4.79 Å². The van der Waals surface area contributed by atoms with E-state index in [0.29, 0.717) is 21.4 Å². The van der Waals surface area contributed by atoms with Gasteiger partial charge in [0.15, 0.2) is 0 Å². The highest BCUT2D eigenvalue weighted by molar-refractivity contribution is 9.10. The number of carbonyl (C=O) groups excluding carboxylic acids is 1. The zero-order chi connectivity index (χ0) is 14.7. The maximum Gasteiger partial charge on any atom is 0.228 e. The number of nitrogens with two attached hydrogens (primary N) is 1. The van der Waals surface area contributed by atoms with Crippen LogP contribution < -0.4 is 11.1 Å². The van der Waals surface area contributed by atoms with E-state index >= 15 is 0 Å². The summed E-state index contributed by atoms with van der Waals surface area (Å²) in [4.78, 5) is 12.0. The summed E-state index contributed by atoms with van der Waals surface area (Å²) in [5, 5.41) is 3.66. The van der Waals surface area contributed by atoms with Crippen molar-refractivity contribution < 1.29 is 4.79 Å². The summed E-state index contributed by atoms with van der Waals surface area (Å²) in [6.45, 7) is 0. The molecule has 1 amide bonds. The van der Waals surface area contributed by atoms with E-state index < -0.39 is 0 Å². The predicted octanol–water partition coefficient (Wildman–Crippen LogP) is 4.52. The molecule has 0 unspecified atom stereocenters. The van der Waals surface area contributed by atoms with Gasteiger partial charge >= 0.3 is 0 Å². The molecule has 104 valence electrons. The van der Waals surface area contributed by atoms with E-state index in [1.54, 1.807) is 30.3 Å². The molecule has 0 saturated heterocycles. The van der Waals surface area contributed by atoms with Crippen molar-refractivity contribution in [3.8, 4) is 0 Å². The predicted molar refractivity (Wildman–Crippen MR) is 87.4 cm³/mol. The first-order valence-electron chi connectivity index (χ1n) is 5.74. The number of benzene rings is 2. The van der Waals surface area contributed by atoms with Gasteiger partial charge in [0, 0.05) is 4.47 Å². The van der Waals surface area contributed by atoms with Crippen molar-refractivity contribution in [1.82, 2.24) is 0 Å². The fourth-order valence-electron chi connectivity index (χ4n) is 1.68. The molecule has 6 heteroatoms. The molecule has 2 rings (SSSR count). The second kappa shape index (κ2) is 6.48. The molecule has 0 aliphatic heterocycles. The Morgan fingerprint density at radius 1 is 1.15 bits per heavy atom. The van der Waals surface area contributed by atoms with Crippen molar-refractivity contribution in [2.24, 2.45) is 0 Å². The summed E-state index contributed by atoms with van der Waals surface area (Å²) in [6.07, 6.45) is 0.201. The molecule has 0 aliphatic carbocycles. The molecule has 0 radical (unpaired) electrons. The Bertz CT molecular complexity index is 662. The smallest absolute Gasteiger partial charge is 0.228 e. The zero-order valence-electron chi connectivity index (χ0n) is 10.3. The molecule has 0 spiro atoms. The Morgan fingerprint density at radius 2 is 1.90 bits per heavy atom. The first-order valence-corrected chi connectivity index (χ1v) is 7.29. The number of halogens is 3. The molecule has 0 heterocycles. The van der Waals surface area contributed by atoms with E-state index in [4.69, 9.17) is 28.9 Å². The van der Waals surface area contributed by atoms with Crippen LogP contribution >= 0.6 is 39.1 Å². The van der Waals surface area contributed by atoms with E-state index in [0.717, 1.165) is 10.0 Å². The monoisotopic (exact) mass is 372 g/mol. The van der Waals surface area contributed by atoms with Crippen LogP contribution in [0.15, 0.2) is 40.9 Å². The van der Waals surface area contributed by atoms with Gasteiger partial charge in [0.25, 0.3) is 0 Å². The van der Waals surface area contributed by atoms with Crippen molar-refractivity contribution in [1.29, 1.82) is 0 Å². The molecule has 20 heavy (non-hydrogen) atoms. The average molecular weight is 374 g/mol. The third kappa shape index (κ3) is 3.88. The molecular formula is C14H11BrCl2N2O. The van der Waals surface area contributed by atoms with Crippen LogP contribution in [0.3, 0.4) is 0 Å². The van der Waals surface area contributed by atoms with Crippen LogP contribution in [-0.2, 0) is 11.2 Å². The maximum absolute atomic E-state index is 12.0. The second-order valence-corrected chi connectivity index (χ2v) is 5.94. The Labute approximate surface area is 135 Å². The van der Waals surface area contributed by atoms with Crippen LogP contribution in [0.4, 0.5) is 11.4 Å². The zero-order valence-corrected chi connectivity index (χ0v) is 13.4. The van der Waals surface area contributed by atoms with Gasteiger partial charge in [-0.2, -0.15) is 0 Å². The summed E-state index contributed by atoms with van der Waals surface area (Å²) >= 11 is 15.1.